The molecule has 0 saturated carbocycles. The molecule has 1 aromatic heterocycles. The number of nitrogens with one attached hydrogen (secondary N) is 1. The lowest BCUT2D eigenvalue weighted by molar-refractivity contribution is 0.286. The zero-order valence-corrected chi connectivity index (χ0v) is 12.6. The highest BCUT2D eigenvalue weighted by Gasteiger charge is 2.07. The molecule has 1 N–H and O–H groups in total. The normalized spacial score (nSPS) is 11.1. The molecule has 5 heteroatoms. The third kappa shape index (κ3) is 3.81. The molecule has 0 amide bonds. The first kappa shape index (κ1) is 14.5. The Balaban J connectivity index is 2.08. The summed E-state index contributed by atoms with van der Waals surface area (Å²) in [7, 11) is 1.86. The van der Waals surface area contributed by atoms with Gasteiger partial charge in [0.1, 0.15) is 18.7 Å². The van der Waals surface area contributed by atoms with Crippen LogP contribution in [0.25, 0.3) is 0 Å². The van der Waals surface area contributed by atoms with E-state index >= 15 is 0 Å². The van der Waals surface area contributed by atoms with Crippen LogP contribution >= 0.6 is 0 Å². The molecule has 0 aliphatic carbocycles. The molecule has 1 heterocycles. The second-order valence-corrected chi connectivity index (χ2v) is 5.24. The van der Waals surface area contributed by atoms with E-state index in [1.807, 2.05) is 13.1 Å². The fraction of sp³-hybridized carbons (Fsp3) is 0.467. The van der Waals surface area contributed by atoms with E-state index in [4.69, 9.17) is 4.74 Å². The number of rotatable bonds is 6. The SMILES string of the molecule is Cc1ccc(OCc2ncnn2C)c(CNC(C)C)c1. The first-order chi connectivity index (χ1) is 9.56. The largest absolute Gasteiger partial charge is 0.485 e. The zero-order valence-electron chi connectivity index (χ0n) is 12.6. The lowest BCUT2D eigenvalue weighted by Crippen LogP contribution is -2.22. The Kier molecular flexibility index (Phi) is 4.74. The van der Waals surface area contributed by atoms with Gasteiger partial charge in [-0.1, -0.05) is 31.5 Å². The van der Waals surface area contributed by atoms with Crippen molar-refractivity contribution < 1.29 is 4.74 Å². The van der Waals surface area contributed by atoms with Crippen molar-refractivity contribution in [3.8, 4) is 5.75 Å². The number of aromatic nitrogens is 3. The highest BCUT2D eigenvalue weighted by atomic mass is 16.5. The van der Waals surface area contributed by atoms with E-state index in [1.165, 1.54) is 17.5 Å². The third-order valence-electron chi connectivity index (χ3n) is 3.08. The summed E-state index contributed by atoms with van der Waals surface area (Å²) >= 11 is 0. The maximum atomic E-state index is 5.89. The van der Waals surface area contributed by atoms with Gasteiger partial charge in [0.2, 0.25) is 0 Å². The van der Waals surface area contributed by atoms with Gasteiger partial charge in [-0.2, -0.15) is 5.10 Å². The Morgan fingerprint density at radius 2 is 2.15 bits per heavy atom. The summed E-state index contributed by atoms with van der Waals surface area (Å²) in [5, 5.41) is 7.46. The lowest BCUT2D eigenvalue weighted by Gasteiger charge is -2.14. The van der Waals surface area contributed by atoms with E-state index in [2.05, 4.69) is 48.3 Å². The molecule has 2 aromatic rings. The fourth-order valence-electron chi connectivity index (χ4n) is 1.89. The van der Waals surface area contributed by atoms with Crippen molar-refractivity contribution in [1.82, 2.24) is 20.1 Å². The molecule has 20 heavy (non-hydrogen) atoms. The van der Waals surface area contributed by atoms with Crippen LogP contribution in [0.4, 0.5) is 0 Å². The average Bonchev–Trinajstić information content (AvgIpc) is 2.81. The maximum Gasteiger partial charge on any atom is 0.164 e. The summed E-state index contributed by atoms with van der Waals surface area (Å²) in [6.45, 7) is 7.58. The first-order valence-corrected chi connectivity index (χ1v) is 6.85. The number of benzene rings is 1. The monoisotopic (exact) mass is 274 g/mol. The summed E-state index contributed by atoms with van der Waals surface area (Å²) in [6.07, 6.45) is 1.54. The Bertz CT molecular complexity index is 563. The van der Waals surface area contributed by atoms with Crippen LogP contribution in [0.2, 0.25) is 0 Å². The minimum Gasteiger partial charge on any atom is -0.485 e. The Labute approximate surface area is 120 Å². The van der Waals surface area contributed by atoms with E-state index in [1.54, 1.807) is 4.68 Å². The van der Waals surface area contributed by atoms with Crippen molar-refractivity contribution in [2.24, 2.45) is 7.05 Å². The standard InChI is InChI=1S/C15H22N4O/c1-11(2)16-8-13-7-12(3)5-6-14(13)20-9-15-17-10-18-19(15)4/h5-7,10-11,16H,8-9H2,1-4H3. The van der Waals surface area contributed by atoms with Crippen LogP contribution in [0, 0.1) is 6.92 Å². The Hall–Kier alpha value is -1.88. The van der Waals surface area contributed by atoms with E-state index in [-0.39, 0.29) is 0 Å². The molecule has 0 aliphatic heterocycles. The van der Waals surface area contributed by atoms with E-state index in [0.29, 0.717) is 12.6 Å². The third-order valence-corrected chi connectivity index (χ3v) is 3.08. The second-order valence-electron chi connectivity index (χ2n) is 5.24. The number of aryl methyl sites for hydroxylation is 2. The number of nitrogens with zero attached hydrogens (tertiary/aromatic N) is 3. The quantitative estimate of drug-likeness (QED) is 0.877. The van der Waals surface area contributed by atoms with Crippen LogP contribution in [0.5, 0.6) is 5.75 Å². The fourth-order valence-corrected chi connectivity index (χ4v) is 1.89. The second kappa shape index (κ2) is 6.52. The molecule has 108 valence electrons. The summed E-state index contributed by atoms with van der Waals surface area (Å²) in [5.74, 6) is 1.71. The lowest BCUT2D eigenvalue weighted by atomic mass is 10.1. The molecule has 0 saturated heterocycles. The summed E-state index contributed by atoms with van der Waals surface area (Å²) in [6, 6.07) is 6.68. The van der Waals surface area contributed by atoms with Crippen molar-refractivity contribution in [1.29, 1.82) is 0 Å². The molecule has 0 aliphatic rings. The highest BCUT2D eigenvalue weighted by molar-refractivity contribution is 5.36. The van der Waals surface area contributed by atoms with Crippen LogP contribution in [0.3, 0.4) is 0 Å². The molecule has 2 rings (SSSR count). The minimum atomic E-state index is 0.425. The molecule has 5 nitrogen and oxygen atoms in total. The first-order valence-electron chi connectivity index (χ1n) is 6.85. The van der Waals surface area contributed by atoms with Crippen molar-refractivity contribution in [2.75, 3.05) is 0 Å². The van der Waals surface area contributed by atoms with Gasteiger partial charge in [-0.15, -0.1) is 0 Å². The van der Waals surface area contributed by atoms with Crippen LogP contribution in [0.1, 0.15) is 30.8 Å². The van der Waals surface area contributed by atoms with Crippen molar-refractivity contribution in [3.63, 3.8) is 0 Å². The topological polar surface area (TPSA) is 52.0 Å². The number of hydrogen-bond donors (Lipinski definition) is 1. The molecule has 0 unspecified atom stereocenters. The predicted molar refractivity (Wildman–Crippen MR) is 78.5 cm³/mol. The Morgan fingerprint density at radius 1 is 1.35 bits per heavy atom. The van der Waals surface area contributed by atoms with Gasteiger partial charge in [-0.05, 0) is 13.0 Å². The van der Waals surface area contributed by atoms with Crippen molar-refractivity contribution in [3.05, 3.63) is 41.5 Å². The summed E-state index contributed by atoms with van der Waals surface area (Å²) in [4.78, 5) is 4.16. The maximum absolute atomic E-state index is 5.89. The summed E-state index contributed by atoms with van der Waals surface area (Å²) < 4.78 is 7.61. The summed E-state index contributed by atoms with van der Waals surface area (Å²) in [5.41, 5.74) is 2.40. The van der Waals surface area contributed by atoms with Gasteiger partial charge in [0.25, 0.3) is 0 Å². The van der Waals surface area contributed by atoms with E-state index in [0.717, 1.165) is 18.1 Å². The van der Waals surface area contributed by atoms with Crippen molar-refractivity contribution in [2.45, 2.75) is 40.0 Å². The Morgan fingerprint density at radius 3 is 2.80 bits per heavy atom. The molecule has 0 radical (unpaired) electrons. The van der Waals surface area contributed by atoms with Gasteiger partial charge in [-0.3, -0.25) is 4.68 Å². The van der Waals surface area contributed by atoms with Gasteiger partial charge in [-0.25, -0.2) is 4.98 Å². The van der Waals surface area contributed by atoms with Gasteiger partial charge in [0.15, 0.2) is 5.82 Å². The molecule has 1 aromatic carbocycles. The van der Waals surface area contributed by atoms with Gasteiger partial charge in [0.05, 0.1) is 0 Å². The van der Waals surface area contributed by atoms with Gasteiger partial charge in [0, 0.05) is 25.2 Å². The number of ether oxygens (including phenoxy) is 1. The smallest absolute Gasteiger partial charge is 0.164 e. The highest BCUT2D eigenvalue weighted by Crippen LogP contribution is 2.21. The zero-order chi connectivity index (χ0) is 14.5. The van der Waals surface area contributed by atoms with Crippen LogP contribution in [-0.2, 0) is 20.2 Å². The average molecular weight is 274 g/mol. The molecule has 0 bridgehead atoms. The molecule has 0 atom stereocenters. The molecular formula is C15H22N4O. The number of hydrogen-bond acceptors (Lipinski definition) is 4. The molecule has 0 spiro atoms. The van der Waals surface area contributed by atoms with Gasteiger partial charge >= 0.3 is 0 Å². The minimum absolute atomic E-state index is 0.425. The van der Waals surface area contributed by atoms with Crippen molar-refractivity contribution >= 4 is 0 Å². The van der Waals surface area contributed by atoms with Gasteiger partial charge < -0.3 is 10.1 Å². The molecule has 0 fully saturated rings. The van der Waals surface area contributed by atoms with Crippen LogP contribution in [0.15, 0.2) is 24.5 Å². The van der Waals surface area contributed by atoms with E-state index in [9.17, 15) is 0 Å². The van der Waals surface area contributed by atoms with Crippen LogP contribution < -0.4 is 10.1 Å². The van der Waals surface area contributed by atoms with E-state index < -0.39 is 0 Å². The predicted octanol–water partition coefficient (Wildman–Crippen LogP) is 2.20. The molecular weight excluding hydrogens is 252 g/mol. The van der Waals surface area contributed by atoms with Crippen LogP contribution in [-0.4, -0.2) is 20.8 Å².